The van der Waals surface area contributed by atoms with Gasteiger partial charge in [-0.2, -0.15) is 0 Å². The predicted octanol–water partition coefficient (Wildman–Crippen LogP) is 0.831. The molecule has 0 saturated carbocycles. The largest absolute Gasteiger partial charge is 0.313 e. The molecule has 2 atom stereocenters. The second-order valence-corrected chi connectivity index (χ2v) is 3.42. The van der Waals surface area contributed by atoms with Crippen molar-refractivity contribution >= 4 is 17.7 Å². The Kier molecular flexibility index (Phi) is 2.74. The standard InChI is InChI=1S/C7H13NOS/c1-5-2-3-8-6(5)4-7(9)10/h5-6,8H,2-4H2,1H3,(H,9,10)/t5-,6-/m0/s1. The molecule has 1 saturated heterocycles. The zero-order valence-corrected chi connectivity index (χ0v) is 7.03. The molecule has 1 fully saturated rings. The van der Waals surface area contributed by atoms with E-state index in [1.807, 2.05) is 0 Å². The van der Waals surface area contributed by atoms with Gasteiger partial charge in [0, 0.05) is 12.5 Å². The van der Waals surface area contributed by atoms with Crippen LogP contribution in [0.4, 0.5) is 0 Å². The molecule has 0 aromatic carbocycles. The van der Waals surface area contributed by atoms with Gasteiger partial charge >= 0.3 is 0 Å². The van der Waals surface area contributed by atoms with Gasteiger partial charge in [0.1, 0.15) is 0 Å². The number of nitrogens with one attached hydrogen (secondary N) is 1. The zero-order valence-electron chi connectivity index (χ0n) is 6.13. The quantitative estimate of drug-likeness (QED) is 0.584. The van der Waals surface area contributed by atoms with Gasteiger partial charge < -0.3 is 5.32 Å². The van der Waals surface area contributed by atoms with Gasteiger partial charge in [-0.3, -0.25) is 4.79 Å². The smallest absolute Gasteiger partial charge is 0.187 e. The van der Waals surface area contributed by atoms with E-state index in [0.29, 0.717) is 18.4 Å². The second kappa shape index (κ2) is 3.39. The summed E-state index contributed by atoms with van der Waals surface area (Å²) in [6, 6.07) is 0.380. The number of rotatable bonds is 2. The van der Waals surface area contributed by atoms with Crippen LogP contribution < -0.4 is 5.32 Å². The van der Waals surface area contributed by atoms with Crippen LogP contribution in [0.3, 0.4) is 0 Å². The van der Waals surface area contributed by atoms with Crippen LogP contribution in [0.15, 0.2) is 0 Å². The van der Waals surface area contributed by atoms with Crippen LogP contribution in [-0.2, 0) is 4.79 Å². The van der Waals surface area contributed by atoms with Gasteiger partial charge in [-0.25, -0.2) is 0 Å². The molecule has 0 spiro atoms. The summed E-state index contributed by atoms with van der Waals surface area (Å²) in [6.07, 6.45) is 1.76. The van der Waals surface area contributed by atoms with Gasteiger partial charge in [0.15, 0.2) is 5.12 Å². The van der Waals surface area contributed by atoms with Crippen LogP contribution in [0.5, 0.6) is 0 Å². The fraction of sp³-hybridized carbons (Fsp3) is 0.857. The number of carbonyl (C=O) groups is 1. The third-order valence-corrected chi connectivity index (χ3v) is 2.27. The van der Waals surface area contributed by atoms with E-state index in [9.17, 15) is 4.79 Å². The zero-order chi connectivity index (χ0) is 7.56. The minimum Gasteiger partial charge on any atom is -0.313 e. The van der Waals surface area contributed by atoms with E-state index in [1.165, 1.54) is 6.42 Å². The first-order chi connectivity index (χ1) is 4.70. The summed E-state index contributed by atoms with van der Waals surface area (Å²) in [5.74, 6) is 0.635. The molecule has 0 unspecified atom stereocenters. The van der Waals surface area contributed by atoms with Crippen molar-refractivity contribution in [3.05, 3.63) is 0 Å². The normalized spacial score (nSPS) is 32.6. The Balaban J connectivity index is 2.33. The summed E-state index contributed by atoms with van der Waals surface area (Å²) in [7, 11) is 0. The Bertz CT molecular complexity index is 138. The SMILES string of the molecule is C[C@H]1CCN[C@H]1CC(=O)S. The monoisotopic (exact) mass is 159 g/mol. The topological polar surface area (TPSA) is 29.1 Å². The highest BCUT2D eigenvalue weighted by molar-refractivity contribution is 7.96. The van der Waals surface area contributed by atoms with Gasteiger partial charge in [-0.15, -0.1) is 12.6 Å². The Morgan fingerprint density at radius 3 is 2.90 bits per heavy atom. The maximum atomic E-state index is 10.6. The molecular weight excluding hydrogens is 146 g/mol. The molecule has 0 amide bonds. The van der Waals surface area contributed by atoms with Crippen LogP contribution in [-0.4, -0.2) is 17.7 Å². The lowest BCUT2D eigenvalue weighted by Gasteiger charge is -2.12. The van der Waals surface area contributed by atoms with Crippen molar-refractivity contribution in [3.8, 4) is 0 Å². The average molecular weight is 159 g/mol. The lowest BCUT2D eigenvalue weighted by Crippen LogP contribution is -2.27. The average Bonchev–Trinajstić information content (AvgIpc) is 2.15. The highest BCUT2D eigenvalue weighted by atomic mass is 32.1. The molecule has 58 valence electrons. The molecule has 0 aromatic heterocycles. The van der Waals surface area contributed by atoms with E-state index in [0.717, 1.165) is 6.54 Å². The molecule has 1 N–H and O–H groups in total. The maximum Gasteiger partial charge on any atom is 0.187 e. The molecule has 3 heteroatoms. The number of thiol groups is 1. The van der Waals surface area contributed by atoms with Crippen LogP contribution in [0.1, 0.15) is 19.8 Å². The minimum atomic E-state index is -0.00810. The van der Waals surface area contributed by atoms with Gasteiger partial charge in [0.2, 0.25) is 0 Å². The third kappa shape index (κ3) is 1.99. The van der Waals surface area contributed by atoms with Gasteiger partial charge in [0.05, 0.1) is 0 Å². The fourth-order valence-electron chi connectivity index (χ4n) is 1.36. The molecule has 1 aliphatic rings. The Morgan fingerprint density at radius 2 is 2.50 bits per heavy atom. The van der Waals surface area contributed by atoms with Crippen LogP contribution >= 0.6 is 12.6 Å². The Morgan fingerprint density at radius 1 is 1.80 bits per heavy atom. The summed E-state index contributed by atoms with van der Waals surface area (Å²) in [4.78, 5) is 10.6. The van der Waals surface area contributed by atoms with Gasteiger partial charge in [0.25, 0.3) is 0 Å². The Labute approximate surface area is 66.8 Å². The number of carbonyl (C=O) groups excluding carboxylic acids is 1. The molecular formula is C7H13NOS. The molecule has 0 aromatic rings. The van der Waals surface area contributed by atoms with Crippen molar-refractivity contribution in [3.63, 3.8) is 0 Å². The van der Waals surface area contributed by atoms with E-state index in [2.05, 4.69) is 24.9 Å². The highest BCUT2D eigenvalue weighted by Crippen LogP contribution is 2.17. The van der Waals surface area contributed by atoms with Crippen molar-refractivity contribution < 1.29 is 4.79 Å². The molecule has 0 radical (unpaired) electrons. The summed E-state index contributed by atoms with van der Waals surface area (Å²) in [6.45, 7) is 3.22. The summed E-state index contributed by atoms with van der Waals surface area (Å²) >= 11 is 3.73. The van der Waals surface area contributed by atoms with Crippen molar-refractivity contribution in [1.29, 1.82) is 0 Å². The first kappa shape index (κ1) is 8.08. The van der Waals surface area contributed by atoms with E-state index >= 15 is 0 Å². The van der Waals surface area contributed by atoms with Crippen molar-refractivity contribution in [2.75, 3.05) is 6.54 Å². The van der Waals surface area contributed by atoms with Crippen LogP contribution in [0, 0.1) is 5.92 Å². The van der Waals surface area contributed by atoms with Crippen LogP contribution in [0.2, 0.25) is 0 Å². The van der Waals surface area contributed by atoms with Gasteiger partial charge in [-0.05, 0) is 18.9 Å². The highest BCUT2D eigenvalue weighted by Gasteiger charge is 2.23. The predicted molar refractivity (Wildman–Crippen MR) is 44.2 cm³/mol. The minimum absolute atomic E-state index is 0.00810. The molecule has 1 aliphatic heterocycles. The first-order valence-electron chi connectivity index (χ1n) is 3.65. The van der Waals surface area contributed by atoms with Crippen molar-refractivity contribution in [2.24, 2.45) is 5.92 Å². The molecule has 10 heavy (non-hydrogen) atoms. The number of hydrogen-bond donors (Lipinski definition) is 2. The molecule has 1 heterocycles. The Hall–Kier alpha value is -0.0200. The number of hydrogen-bond acceptors (Lipinski definition) is 2. The molecule has 0 bridgehead atoms. The van der Waals surface area contributed by atoms with Gasteiger partial charge in [-0.1, -0.05) is 6.92 Å². The lowest BCUT2D eigenvalue weighted by molar-refractivity contribution is -0.111. The van der Waals surface area contributed by atoms with E-state index in [1.54, 1.807) is 0 Å². The van der Waals surface area contributed by atoms with Crippen LogP contribution in [0.25, 0.3) is 0 Å². The van der Waals surface area contributed by atoms with E-state index < -0.39 is 0 Å². The maximum absolute atomic E-state index is 10.6. The molecule has 1 rings (SSSR count). The van der Waals surface area contributed by atoms with Crippen molar-refractivity contribution in [2.45, 2.75) is 25.8 Å². The fourth-order valence-corrected chi connectivity index (χ4v) is 1.56. The second-order valence-electron chi connectivity index (χ2n) is 2.92. The van der Waals surface area contributed by atoms with Crippen molar-refractivity contribution in [1.82, 2.24) is 5.32 Å². The lowest BCUT2D eigenvalue weighted by atomic mass is 10.0. The first-order valence-corrected chi connectivity index (χ1v) is 4.10. The summed E-state index contributed by atoms with van der Waals surface area (Å²) in [5, 5.41) is 3.26. The summed E-state index contributed by atoms with van der Waals surface area (Å²) in [5.41, 5.74) is 0. The summed E-state index contributed by atoms with van der Waals surface area (Å²) < 4.78 is 0. The molecule has 2 nitrogen and oxygen atoms in total. The van der Waals surface area contributed by atoms with E-state index in [-0.39, 0.29) is 5.12 Å². The van der Waals surface area contributed by atoms with E-state index in [4.69, 9.17) is 0 Å². The molecule has 0 aliphatic carbocycles. The third-order valence-electron chi connectivity index (χ3n) is 2.09.